The van der Waals surface area contributed by atoms with Crippen LogP contribution < -0.4 is 10.1 Å². The predicted molar refractivity (Wildman–Crippen MR) is 94.6 cm³/mol. The minimum Gasteiger partial charge on any atom is -0.497 e. The number of halogens is 1. The van der Waals surface area contributed by atoms with E-state index < -0.39 is 0 Å². The van der Waals surface area contributed by atoms with E-state index in [4.69, 9.17) is 20.8 Å². The van der Waals surface area contributed by atoms with Gasteiger partial charge in [0.15, 0.2) is 5.58 Å². The Morgan fingerprint density at radius 3 is 3.04 bits per heavy atom. The SMILES string of the molecule is COc1cccc(CNC(=O)CSc2nc3cc(Cl)ccc3o2)c1. The van der Waals surface area contributed by atoms with Gasteiger partial charge in [0.1, 0.15) is 11.3 Å². The van der Waals surface area contributed by atoms with Gasteiger partial charge in [-0.3, -0.25) is 4.79 Å². The number of aromatic nitrogens is 1. The van der Waals surface area contributed by atoms with Crippen molar-refractivity contribution >= 4 is 40.4 Å². The van der Waals surface area contributed by atoms with Crippen LogP contribution in [0.4, 0.5) is 0 Å². The topological polar surface area (TPSA) is 64.4 Å². The number of carbonyl (C=O) groups excluding carboxylic acids is 1. The zero-order chi connectivity index (χ0) is 16.9. The van der Waals surface area contributed by atoms with Gasteiger partial charge < -0.3 is 14.5 Å². The van der Waals surface area contributed by atoms with Gasteiger partial charge >= 0.3 is 0 Å². The molecule has 0 unspecified atom stereocenters. The maximum absolute atomic E-state index is 12.0. The Morgan fingerprint density at radius 2 is 2.21 bits per heavy atom. The van der Waals surface area contributed by atoms with Gasteiger partial charge in [0.25, 0.3) is 5.22 Å². The van der Waals surface area contributed by atoms with Gasteiger partial charge in [0, 0.05) is 11.6 Å². The molecule has 1 N–H and O–H groups in total. The Hall–Kier alpha value is -2.18. The molecule has 5 nitrogen and oxygen atoms in total. The number of nitrogens with one attached hydrogen (secondary N) is 1. The second-order valence-electron chi connectivity index (χ2n) is 5.01. The first-order valence-electron chi connectivity index (χ1n) is 7.22. The molecule has 0 spiro atoms. The number of amides is 1. The van der Waals surface area contributed by atoms with Crippen LogP contribution in [0.25, 0.3) is 11.1 Å². The molecule has 24 heavy (non-hydrogen) atoms. The molecule has 0 aliphatic heterocycles. The molecule has 1 aromatic heterocycles. The smallest absolute Gasteiger partial charge is 0.257 e. The van der Waals surface area contributed by atoms with Crippen LogP contribution in [0.5, 0.6) is 5.75 Å². The number of hydrogen-bond donors (Lipinski definition) is 1. The third-order valence-corrected chi connectivity index (χ3v) is 4.34. The number of rotatable bonds is 6. The molecule has 1 amide bonds. The number of hydrogen-bond acceptors (Lipinski definition) is 5. The molecule has 7 heteroatoms. The van der Waals surface area contributed by atoms with Gasteiger partial charge in [-0.1, -0.05) is 35.5 Å². The van der Waals surface area contributed by atoms with E-state index in [1.165, 1.54) is 11.8 Å². The number of carbonyl (C=O) groups is 1. The van der Waals surface area contributed by atoms with E-state index in [2.05, 4.69) is 10.3 Å². The fourth-order valence-corrected chi connectivity index (χ4v) is 2.94. The number of oxazole rings is 1. The van der Waals surface area contributed by atoms with Crippen molar-refractivity contribution in [3.05, 3.63) is 53.1 Å². The molecule has 3 aromatic rings. The molecule has 124 valence electrons. The largest absolute Gasteiger partial charge is 0.497 e. The number of benzene rings is 2. The van der Waals surface area contributed by atoms with E-state index in [1.807, 2.05) is 24.3 Å². The summed E-state index contributed by atoms with van der Waals surface area (Å²) in [6.07, 6.45) is 0. The van der Waals surface area contributed by atoms with E-state index in [0.717, 1.165) is 11.3 Å². The van der Waals surface area contributed by atoms with Crippen LogP contribution in [-0.2, 0) is 11.3 Å². The van der Waals surface area contributed by atoms with Gasteiger partial charge in [-0.2, -0.15) is 0 Å². The summed E-state index contributed by atoms with van der Waals surface area (Å²) >= 11 is 7.16. The van der Waals surface area contributed by atoms with Crippen molar-refractivity contribution in [2.75, 3.05) is 12.9 Å². The number of fused-ring (bicyclic) bond motifs is 1. The number of methoxy groups -OCH3 is 1. The summed E-state index contributed by atoms with van der Waals surface area (Å²) in [4.78, 5) is 16.3. The van der Waals surface area contributed by atoms with Crippen LogP contribution in [0.3, 0.4) is 0 Å². The highest BCUT2D eigenvalue weighted by atomic mass is 35.5. The predicted octanol–water partition coefficient (Wildman–Crippen LogP) is 3.90. The van der Waals surface area contributed by atoms with E-state index in [1.54, 1.807) is 25.3 Å². The Bertz CT molecular complexity index is 866. The maximum Gasteiger partial charge on any atom is 0.257 e. The highest BCUT2D eigenvalue weighted by molar-refractivity contribution is 7.99. The summed E-state index contributed by atoms with van der Waals surface area (Å²) in [6, 6.07) is 12.8. The van der Waals surface area contributed by atoms with Crippen molar-refractivity contribution < 1.29 is 13.9 Å². The summed E-state index contributed by atoms with van der Waals surface area (Å²) in [5.41, 5.74) is 2.31. The van der Waals surface area contributed by atoms with Crippen LogP contribution in [0.15, 0.2) is 52.1 Å². The Morgan fingerprint density at radius 1 is 1.33 bits per heavy atom. The highest BCUT2D eigenvalue weighted by Gasteiger charge is 2.10. The van der Waals surface area contributed by atoms with Gasteiger partial charge in [0.05, 0.1) is 12.9 Å². The summed E-state index contributed by atoms with van der Waals surface area (Å²) in [5.74, 6) is 0.897. The first-order valence-corrected chi connectivity index (χ1v) is 8.59. The summed E-state index contributed by atoms with van der Waals surface area (Å²) in [6.45, 7) is 0.444. The summed E-state index contributed by atoms with van der Waals surface area (Å²) < 4.78 is 10.7. The van der Waals surface area contributed by atoms with Crippen molar-refractivity contribution in [2.24, 2.45) is 0 Å². The van der Waals surface area contributed by atoms with E-state index >= 15 is 0 Å². The lowest BCUT2D eigenvalue weighted by molar-refractivity contribution is -0.118. The zero-order valence-electron chi connectivity index (χ0n) is 12.9. The molecule has 2 aromatic carbocycles. The lowest BCUT2D eigenvalue weighted by atomic mass is 10.2. The molecule has 0 aliphatic rings. The molecule has 0 aliphatic carbocycles. The van der Waals surface area contributed by atoms with Crippen molar-refractivity contribution in [3.63, 3.8) is 0 Å². The molecular weight excluding hydrogens is 348 g/mol. The average molecular weight is 363 g/mol. The molecule has 0 radical (unpaired) electrons. The fraction of sp³-hybridized carbons (Fsp3) is 0.176. The monoisotopic (exact) mass is 362 g/mol. The number of thioether (sulfide) groups is 1. The molecule has 0 bridgehead atoms. The Balaban J connectivity index is 1.52. The van der Waals surface area contributed by atoms with Crippen molar-refractivity contribution in [2.45, 2.75) is 11.8 Å². The quantitative estimate of drug-likeness (QED) is 0.674. The molecule has 1 heterocycles. The molecular formula is C17H15ClN2O3S. The zero-order valence-corrected chi connectivity index (χ0v) is 14.5. The number of nitrogens with zero attached hydrogens (tertiary/aromatic N) is 1. The standard InChI is InChI=1S/C17H15ClN2O3S/c1-22-13-4-2-3-11(7-13)9-19-16(21)10-24-17-20-14-8-12(18)5-6-15(14)23-17/h2-8H,9-10H2,1H3,(H,19,21). The van der Waals surface area contributed by atoms with Crippen LogP contribution in [0, 0.1) is 0 Å². The molecule has 0 atom stereocenters. The van der Waals surface area contributed by atoms with Crippen LogP contribution >= 0.6 is 23.4 Å². The fourth-order valence-electron chi connectivity index (χ4n) is 2.10. The van der Waals surface area contributed by atoms with E-state index in [-0.39, 0.29) is 11.7 Å². The summed E-state index contributed by atoms with van der Waals surface area (Å²) in [5, 5.41) is 3.91. The van der Waals surface area contributed by atoms with Gasteiger partial charge in [-0.25, -0.2) is 4.98 Å². The average Bonchev–Trinajstić information content (AvgIpc) is 3.00. The number of ether oxygens (including phenoxy) is 1. The minimum absolute atomic E-state index is 0.0943. The Labute approximate surface area is 148 Å². The lowest BCUT2D eigenvalue weighted by Gasteiger charge is -2.06. The van der Waals surface area contributed by atoms with E-state index in [0.29, 0.717) is 27.9 Å². The van der Waals surface area contributed by atoms with Crippen molar-refractivity contribution in [3.8, 4) is 5.75 Å². The summed E-state index contributed by atoms with van der Waals surface area (Å²) in [7, 11) is 1.61. The van der Waals surface area contributed by atoms with Gasteiger partial charge in [0.2, 0.25) is 5.91 Å². The third-order valence-electron chi connectivity index (χ3n) is 3.28. The van der Waals surface area contributed by atoms with Crippen molar-refractivity contribution in [1.82, 2.24) is 10.3 Å². The van der Waals surface area contributed by atoms with Crippen LogP contribution in [-0.4, -0.2) is 23.8 Å². The molecule has 0 fully saturated rings. The normalized spacial score (nSPS) is 10.8. The lowest BCUT2D eigenvalue weighted by Crippen LogP contribution is -2.24. The highest BCUT2D eigenvalue weighted by Crippen LogP contribution is 2.25. The van der Waals surface area contributed by atoms with Crippen molar-refractivity contribution in [1.29, 1.82) is 0 Å². The molecule has 0 saturated heterocycles. The Kier molecular flexibility index (Phi) is 5.27. The van der Waals surface area contributed by atoms with Gasteiger partial charge in [-0.05, 0) is 35.9 Å². The first-order chi connectivity index (χ1) is 11.6. The molecule has 0 saturated carbocycles. The second kappa shape index (κ2) is 7.59. The van der Waals surface area contributed by atoms with E-state index in [9.17, 15) is 4.79 Å². The molecule has 3 rings (SSSR count). The van der Waals surface area contributed by atoms with Crippen LogP contribution in [0.1, 0.15) is 5.56 Å². The third kappa shape index (κ3) is 4.21. The van der Waals surface area contributed by atoms with Crippen LogP contribution in [0.2, 0.25) is 5.02 Å². The van der Waals surface area contributed by atoms with Gasteiger partial charge in [-0.15, -0.1) is 0 Å². The maximum atomic E-state index is 12.0. The minimum atomic E-state index is -0.0943. The second-order valence-corrected chi connectivity index (χ2v) is 6.37. The first kappa shape index (κ1) is 16.7.